The summed E-state index contributed by atoms with van der Waals surface area (Å²) in [5.41, 5.74) is 1.54. The average molecular weight is 487 g/mol. The van der Waals surface area contributed by atoms with Gasteiger partial charge in [0.1, 0.15) is 5.52 Å². The highest BCUT2D eigenvalue weighted by Crippen LogP contribution is 2.41. The summed E-state index contributed by atoms with van der Waals surface area (Å²) < 4.78 is 27.6. The highest BCUT2D eigenvalue weighted by atomic mass is 35.5. The van der Waals surface area contributed by atoms with Gasteiger partial charge in [-0.3, -0.25) is 9.88 Å². The van der Waals surface area contributed by atoms with Crippen LogP contribution in [0.3, 0.4) is 0 Å². The fourth-order valence-corrected chi connectivity index (χ4v) is 4.40. The number of ether oxygens (including phenoxy) is 5. The minimum absolute atomic E-state index is 0.0736. The van der Waals surface area contributed by atoms with Crippen LogP contribution in [0.1, 0.15) is 28.9 Å². The molecule has 3 aromatic rings. The maximum absolute atomic E-state index is 13.4. The van der Waals surface area contributed by atoms with Crippen LogP contribution in [-0.2, 0) is 4.74 Å². The monoisotopic (exact) mass is 486 g/mol. The molecular weight excluding hydrogens is 460 g/mol. The van der Waals surface area contributed by atoms with E-state index in [4.69, 9.17) is 35.3 Å². The van der Waals surface area contributed by atoms with Crippen molar-refractivity contribution in [3.8, 4) is 23.0 Å². The molecule has 1 atom stereocenters. The molecule has 0 amide bonds. The number of halogens is 1. The number of aromatic nitrogens is 1. The molecule has 0 aliphatic carbocycles. The first-order valence-corrected chi connectivity index (χ1v) is 11.3. The van der Waals surface area contributed by atoms with Gasteiger partial charge in [0.25, 0.3) is 0 Å². The molecule has 1 aromatic heterocycles. The molecular formula is C25H27ClN2O6. The second kappa shape index (κ2) is 10.5. The van der Waals surface area contributed by atoms with Gasteiger partial charge in [0, 0.05) is 36.3 Å². The number of benzene rings is 2. The molecule has 2 heterocycles. The van der Waals surface area contributed by atoms with E-state index >= 15 is 0 Å². The SMILES string of the molecule is COc1cc(C(=O)Oc2c(C(C)N3CCOCC3)cc(Cl)c3cccnc23)cc(OC)c1OC. The first-order valence-electron chi connectivity index (χ1n) is 10.9. The maximum atomic E-state index is 13.4. The molecule has 0 radical (unpaired) electrons. The lowest BCUT2D eigenvalue weighted by Crippen LogP contribution is -2.38. The van der Waals surface area contributed by atoms with Crippen LogP contribution in [0.4, 0.5) is 0 Å². The third-order valence-corrected chi connectivity index (χ3v) is 6.28. The third-order valence-electron chi connectivity index (χ3n) is 5.96. The van der Waals surface area contributed by atoms with Crippen LogP contribution in [0.5, 0.6) is 23.0 Å². The summed E-state index contributed by atoms with van der Waals surface area (Å²) >= 11 is 6.61. The van der Waals surface area contributed by atoms with Crippen molar-refractivity contribution in [2.75, 3.05) is 47.6 Å². The molecule has 9 heteroatoms. The summed E-state index contributed by atoms with van der Waals surface area (Å²) in [6.45, 7) is 4.87. The number of hydrogen-bond acceptors (Lipinski definition) is 8. The normalized spacial score (nSPS) is 15.1. The lowest BCUT2D eigenvalue weighted by Gasteiger charge is -2.33. The number of methoxy groups -OCH3 is 3. The van der Waals surface area contributed by atoms with Gasteiger partial charge in [-0.1, -0.05) is 11.6 Å². The Morgan fingerprint density at radius 3 is 2.35 bits per heavy atom. The number of pyridine rings is 1. The number of nitrogens with zero attached hydrogens (tertiary/aromatic N) is 2. The van der Waals surface area contributed by atoms with Crippen LogP contribution < -0.4 is 18.9 Å². The van der Waals surface area contributed by atoms with Crippen molar-refractivity contribution < 1.29 is 28.5 Å². The van der Waals surface area contributed by atoms with Crippen molar-refractivity contribution in [2.24, 2.45) is 0 Å². The predicted molar refractivity (Wildman–Crippen MR) is 129 cm³/mol. The molecule has 8 nitrogen and oxygen atoms in total. The van der Waals surface area contributed by atoms with Crippen molar-refractivity contribution in [2.45, 2.75) is 13.0 Å². The molecule has 1 unspecified atom stereocenters. The van der Waals surface area contributed by atoms with Crippen LogP contribution >= 0.6 is 11.6 Å². The molecule has 4 rings (SSSR count). The van der Waals surface area contributed by atoms with E-state index in [1.165, 1.54) is 21.3 Å². The zero-order chi connectivity index (χ0) is 24.2. The van der Waals surface area contributed by atoms with E-state index < -0.39 is 5.97 Å². The standard InChI is InChI=1S/C25H27ClN2O6/c1-15(28-8-10-33-11-9-28)18-14-19(26)17-6-5-7-27-22(17)23(18)34-25(29)16-12-20(30-2)24(32-4)21(13-16)31-3/h5-7,12-15H,8-11H2,1-4H3. The van der Waals surface area contributed by atoms with E-state index in [0.29, 0.717) is 52.1 Å². The number of rotatable bonds is 7. The molecule has 180 valence electrons. The number of morpholine rings is 1. The van der Waals surface area contributed by atoms with Crippen LogP contribution in [0.2, 0.25) is 5.02 Å². The lowest BCUT2D eigenvalue weighted by molar-refractivity contribution is 0.0193. The fraction of sp³-hybridized carbons (Fsp3) is 0.360. The molecule has 1 fully saturated rings. The van der Waals surface area contributed by atoms with E-state index in [9.17, 15) is 4.79 Å². The predicted octanol–water partition coefficient (Wildman–Crippen LogP) is 4.53. The van der Waals surface area contributed by atoms with Gasteiger partial charge in [-0.05, 0) is 37.3 Å². The molecule has 1 saturated heterocycles. The fourth-order valence-electron chi connectivity index (χ4n) is 4.13. The molecule has 1 aliphatic heterocycles. The van der Waals surface area contributed by atoms with Crippen LogP contribution in [0.25, 0.3) is 10.9 Å². The maximum Gasteiger partial charge on any atom is 0.343 e. The zero-order valence-corrected chi connectivity index (χ0v) is 20.3. The van der Waals surface area contributed by atoms with Gasteiger partial charge < -0.3 is 23.7 Å². The van der Waals surface area contributed by atoms with Gasteiger partial charge in [-0.15, -0.1) is 0 Å². The average Bonchev–Trinajstić information content (AvgIpc) is 2.89. The van der Waals surface area contributed by atoms with Crippen molar-refractivity contribution in [3.05, 3.63) is 52.7 Å². The lowest BCUT2D eigenvalue weighted by atomic mass is 10.0. The second-order valence-corrected chi connectivity index (χ2v) is 8.21. The number of hydrogen-bond donors (Lipinski definition) is 0. The molecule has 34 heavy (non-hydrogen) atoms. The minimum Gasteiger partial charge on any atom is -0.493 e. The van der Waals surface area contributed by atoms with Crippen LogP contribution in [0.15, 0.2) is 36.5 Å². The van der Waals surface area contributed by atoms with Gasteiger partial charge in [-0.2, -0.15) is 0 Å². The van der Waals surface area contributed by atoms with E-state index in [1.807, 2.05) is 12.1 Å². The zero-order valence-electron chi connectivity index (χ0n) is 19.6. The Kier molecular flexibility index (Phi) is 7.41. The van der Waals surface area contributed by atoms with Gasteiger partial charge in [0.05, 0.1) is 45.1 Å². The summed E-state index contributed by atoms with van der Waals surface area (Å²) in [4.78, 5) is 20.1. The molecule has 0 spiro atoms. The van der Waals surface area contributed by atoms with E-state index in [-0.39, 0.29) is 11.6 Å². The molecule has 2 aromatic carbocycles. The number of esters is 1. The highest BCUT2D eigenvalue weighted by Gasteiger charge is 2.27. The van der Waals surface area contributed by atoms with Gasteiger partial charge >= 0.3 is 5.97 Å². The van der Waals surface area contributed by atoms with Gasteiger partial charge in [0.15, 0.2) is 17.2 Å². The molecule has 1 aliphatic rings. The summed E-state index contributed by atoms with van der Waals surface area (Å²) in [6.07, 6.45) is 1.65. The molecule has 0 saturated carbocycles. The van der Waals surface area contributed by atoms with Crippen molar-refractivity contribution >= 4 is 28.5 Å². The van der Waals surface area contributed by atoms with E-state index in [1.54, 1.807) is 24.4 Å². The number of carbonyl (C=O) groups excluding carboxylic acids is 1. The number of fused-ring (bicyclic) bond motifs is 1. The summed E-state index contributed by atoms with van der Waals surface area (Å²) in [5.74, 6) is 0.896. The van der Waals surface area contributed by atoms with Crippen LogP contribution in [-0.4, -0.2) is 63.5 Å². The minimum atomic E-state index is -0.580. The van der Waals surface area contributed by atoms with Crippen molar-refractivity contribution in [1.82, 2.24) is 9.88 Å². The Labute approximate surface area is 203 Å². The first kappa shape index (κ1) is 24.1. The summed E-state index contributed by atoms with van der Waals surface area (Å²) in [7, 11) is 4.49. The molecule has 0 bridgehead atoms. The Hall–Kier alpha value is -3.07. The quantitative estimate of drug-likeness (QED) is 0.356. The second-order valence-electron chi connectivity index (χ2n) is 7.80. The largest absolute Gasteiger partial charge is 0.493 e. The third kappa shape index (κ3) is 4.61. The van der Waals surface area contributed by atoms with Crippen molar-refractivity contribution in [3.63, 3.8) is 0 Å². The Morgan fingerprint density at radius 1 is 1.06 bits per heavy atom. The molecule has 0 N–H and O–H groups in total. The summed E-state index contributed by atoms with van der Waals surface area (Å²) in [6, 6.07) is 8.54. The Balaban J connectivity index is 1.79. The Bertz CT molecular complexity index is 1170. The highest BCUT2D eigenvalue weighted by molar-refractivity contribution is 6.35. The number of carbonyl (C=O) groups is 1. The van der Waals surface area contributed by atoms with E-state index in [2.05, 4.69) is 16.8 Å². The van der Waals surface area contributed by atoms with Gasteiger partial charge in [-0.25, -0.2) is 4.79 Å². The topological polar surface area (TPSA) is 79.4 Å². The van der Waals surface area contributed by atoms with Gasteiger partial charge in [0.2, 0.25) is 5.75 Å². The Morgan fingerprint density at radius 2 is 1.74 bits per heavy atom. The van der Waals surface area contributed by atoms with Crippen molar-refractivity contribution in [1.29, 1.82) is 0 Å². The summed E-state index contributed by atoms with van der Waals surface area (Å²) in [5, 5.41) is 1.25. The van der Waals surface area contributed by atoms with E-state index in [0.717, 1.165) is 18.7 Å². The smallest absolute Gasteiger partial charge is 0.343 e. The van der Waals surface area contributed by atoms with Crippen LogP contribution in [0, 0.1) is 0 Å². The first-order chi connectivity index (χ1) is 16.5.